The molecular formula is C20H24F3N3O3. The zero-order valence-corrected chi connectivity index (χ0v) is 15.9. The molecule has 2 rings (SSSR count). The number of ether oxygens (including phenoxy) is 2. The Labute approximate surface area is 167 Å². The number of aliphatic hydroxyl groups excluding tert-OH is 1. The summed E-state index contributed by atoms with van der Waals surface area (Å²) in [7, 11) is 0. The molecule has 3 N–H and O–H groups in total. The van der Waals surface area contributed by atoms with E-state index in [0.29, 0.717) is 23.8 Å². The summed E-state index contributed by atoms with van der Waals surface area (Å²) in [6.07, 6.45) is -0.849. The third kappa shape index (κ3) is 8.30. The number of hydrogen-bond acceptors (Lipinski definition) is 4. The summed E-state index contributed by atoms with van der Waals surface area (Å²) >= 11 is 0. The SMILES string of the molecule is CCNC(=NCc1ccccc1OC(F)F)NCC(O)COc1ccc(F)cc1. The van der Waals surface area contributed by atoms with E-state index in [-0.39, 0.29) is 31.3 Å². The third-order valence-corrected chi connectivity index (χ3v) is 3.70. The smallest absolute Gasteiger partial charge is 0.387 e. The number of nitrogens with one attached hydrogen (secondary N) is 2. The van der Waals surface area contributed by atoms with E-state index < -0.39 is 12.7 Å². The van der Waals surface area contributed by atoms with Gasteiger partial charge < -0.3 is 25.2 Å². The maximum absolute atomic E-state index is 12.9. The van der Waals surface area contributed by atoms with Crippen molar-refractivity contribution < 1.29 is 27.8 Å². The van der Waals surface area contributed by atoms with Gasteiger partial charge in [-0.2, -0.15) is 8.78 Å². The van der Waals surface area contributed by atoms with Crippen LogP contribution in [0.3, 0.4) is 0 Å². The molecule has 29 heavy (non-hydrogen) atoms. The Bertz CT molecular complexity index is 773. The van der Waals surface area contributed by atoms with E-state index in [1.807, 2.05) is 6.92 Å². The molecule has 9 heteroatoms. The molecule has 0 aliphatic rings. The van der Waals surface area contributed by atoms with E-state index >= 15 is 0 Å². The van der Waals surface area contributed by atoms with Gasteiger partial charge in [0.25, 0.3) is 0 Å². The number of halogens is 3. The number of guanidine groups is 1. The van der Waals surface area contributed by atoms with Gasteiger partial charge >= 0.3 is 6.61 Å². The Hall–Kier alpha value is -2.94. The second-order valence-corrected chi connectivity index (χ2v) is 5.98. The second-order valence-electron chi connectivity index (χ2n) is 5.98. The molecule has 0 saturated carbocycles. The maximum atomic E-state index is 12.9. The number of aliphatic imine (C=N–C) groups is 1. The van der Waals surface area contributed by atoms with Crippen LogP contribution in [0, 0.1) is 5.82 Å². The van der Waals surface area contributed by atoms with E-state index in [4.69, 9.17) is 4.74 Å². The molecule has 0 heterocycles. The lowest BCUT2D eigenvalue weighted by Gasteiger charge is -2.16. The Balaban J connectivity index is 1.88. The standard InChI is InChI=1S/C20H24F3N3O3/c1-2-24-20(25-11-14-5-3-4-6-18(14)29-19(22)23)26-12-16(27)13-28-17-9-7-15(21)8-10-17/h3-10,16,19,27H,2,11-13H2,1H3,(H2,24,25,26). The summed E-state index contributed by atoms with van der Waals surface area (Å²) < 4.78 is 47.8. The number of para-hydroxylation sites is 1. The van der Waals surface area contributed by atoms with Gasteiger partial charge in [0.15, 0.2) is 5.96 Å². The lowest BCUT2D eigenvalue weighted by molar-refractivity contribution is -0.0504. The average Bonchev–Trinajstić information content (AvgIpc) is 2.70. The molecule has 0 saturated heterocycles. The van der Waals surface area contributed by atoms with Crippen molar-refractivity contribution >= 4 is 5.96 Å². The van der Waals surface area contributed by atoms with Gasteiger partial charge in [-0.3, -0.25) is 0 Å². The number of alkyl halides is 2. The van der Waals surface area contributed by atoms with Crippen LogP contribution in [0.4, 0.5) is 13.2 Å². The van der Waals surface area contributed by atoms with Gasteiger partial charge in [-0.25, -0.2) is 9.38 Å². The molecule has 0 aromatic heterocycles. The van der Waals surface area contributed by atoms with Crippen molar-refractivity contribution in [2.75, 3.05) is 19.7 Å². The highest BCUT2D eigenvalue weighted by Crippen LogP contribution is 2.20. The summed E-state index contributed by atoms with van der Waals surface area (Å²) in [6.45, 7) is -0.212. The first-order valence-electron chi connectivity index (χ1n) is 9.09. The fraction of sp³-hybridized carbons (Fsp3) is 0.350. The van der Waals surface area contributed by atoms with Crippen molar-refractivity contribution in [2.24, 2.45) is 4.99 Å². The molecule has 0 fully saturated rings. The summed E-state index contributed by atoms with van der Waals surface area (Å²) in [5.41, 5.74) is 0.505. The van der Waals surface area contributed by atoms with Crippen LogP contribution in [0.25, 0.3) is 0 Å². The Morgan fingerprint density at radius 1 is 1.10 bits per heavy atom. The molecule has 0 aliphatic carbocycles. The van der Waals surface area contributed by atoms with Crippen LogP contribution < -0.4 is 20.1 Å². The molecule has 0 amide bonds. The van der Waals surface area contributed by atoms with E-state index in [9.17, 15) is 18.3 Å². The van der Waals surface area contributed by atoms with Gasteiger partial charge in [-0.05, 0) is 37.3 Å². The van der Waals surface area contributed by atoms with Gasteiger partial charge in [0, 0.05) is 18.7 Å². The maximum Gasteiger partial charge on any atom is 0.387 e. The molecule has 6 nitrogen and oxygen atoms in total. The zero-order chi connectivity index (χ0) is 21.1. The molecule has 0 radical (unpaired) electrons. The van der Waals surface area contributed by atoms with Gasteiger partial charge in [0.2, 0.25) is 0 Å². The normalized spacial score (nSPS) is 12.6. The highest BCUT2D eigenvalue weighted by Gasteiger charge is 2.10. The first kappa shape index (κ1) is 22.4. The van der Waals surface area contributed by atoms with Crippen LogP contribution in [0.1, 0.15) is 12.5 Å². The number of nitrogens with zero attached hydrogens (tertiary/aromatic N) is 1. The van der Waals surface area contributed by atoms with Gasteiger partial charge in [0.1, 0.15) is 30.0 Å². The molecule has 2 aromatic rings. The third-order valence-electron chi connectivity index (χ3n) is 3.70. The molecule has 2 aromatic carbocycles. The first-order valence-corrected chi connectivity index (χ1v) is 9.09. The van der Waals surface area contributed by atoms with Crippen LogP contribution in [-0.2, 0) is 6.54 Å². The number of benzene rings is 2. The summed E-state index contributed by atoms with van der Waals surface area (Å²) in [6, 6.07) is 11.9. The minimum absolute atomic E-state index is 0.00307. The van der Waals surface area contributed by atoms with E-state index in [1.54, 1.807) is 18.2 Å². The van der Waals surface area contributed by atoms with Crippen molar-refractivity contribution in [3.63, 3.8) is 0 Å². The van der Waals surface area contributed by atoms with Crippen LogP contribution in [0.2, 0.25) is 0 Å². The first-order chi connectivity index (χ1) is 14.0. The van der Waals surface area contributed by atoms with Crippen LogP contribution in [0.5, 0.6) is 11.5 Å². The van der Waals surface area contributed by atoms with Crippen LogP contribution in [0.15, 0.2) is 53.5 Å². The van der Waals surface area contributed by atoms with Crippen molar-refractivity contribution in [1.29, 1.82) is 0 Å². The molecule has 0 bridgehead atoms. The molecule has 0 aliphatic heterocycles. The number of hydrogen-bond donors (Lipinski definition) is 3. The highest BCUT2D eigenvalue weighted by atomic mass is 19.3. The topological polar surface area (TPSA) is 75.1 Å². The molecule has 1 unspecified atom stereocenters. The fourth-order valence-corrected chi connectivity index (χ4v) is 2.35. The summed E-state index contributed by atoms with van der Waals surface area (Å²) in [5.74, 6) is 0.545. The molecule has 158 valence electrons. The Kier molecular flexibility index (Phi) is 9.10. The van der Waals surface area contributed by atoms with E-state index in [1.165, 1.54) is 30.3 Å². The molecular weight excluding hydrogens is 387 g/mol. The minimum Gasteiger partial charge on any atom is -0.491 e. The second kappa shape index (κ2) is 11.8. The Morgan fingerprint density at radius 2 is 1.83 bits per heavy atom. The lowest BCUT2D eigenvalue weighted by Crippen LogP contribution is -2.42. The molecule has 1 atom stereocenters. The fourth-order valence-electron chi connectivity index (χ4n) is 2.35. The van der Waals surface area contributed by atoms with E-state index in [0.717, 1.165) is 0 Å². The largest absolute Gasteiger partial charge is 0.491 e. The van der Waals surface area contributed by atoms with Crippen molar-refractivity contribution in [3.05, 3.63) is 59.9 Å². The monoisotopic (exact) mass is 411 g/mol. The predicted molar refractivity (Wildman–Crippen MR) is 104 cm³/mol. The van der Waals surface area contributed by atoms with Crippen LogP contribution in [-0.4, -0.2) is 43.5 Å². The number of rotatable bonds is 10. The van der Waals surface area contributed by atoms with Gasteiger partial charge in [-0.1, -0.05) is 18.2 Å². The van der Waals surface area contributed by atoms with Crippen molar-refractivity contribution in [3.8, 4) is 11.5 Å². The molecule has 0 spiro atoms. The highest BCUT2D eigenvalue weighted by molar-refractivity contribution is 5.79. The average molecular weight is 411 g/mol. The van der Waals surface area contributed by atoms with Crippen molar-refractivity contribution in [1.82, 2.24) is 10.6 Å². The predicted octanol–water partition coefficient (Wildman–Crippen LogP) is 2.92. The summed E-state index contributed by atoms with van der Waals surface area (Å²) in [5, 5.41) is 16.0. The Morgan fingerprint density at radius 3 is 2.52 bits per heavy atom. The quantitative estimate of drug-likeness (QED) is 0.414. The van der Waals surface area contributed by atoms with Crippen molar-refractivity contribution in [2.45, 2.75) is 26.2 Å². The minimum atomic E-state index is -2.91. The van der Waals surface area contributed by atoms with Crippen LogP contribution >= 0.6 is 0 Å². The zero-order valence-electron chi connectivity index (χ0n) is 15.9. The van der Waals surface area contributed by atoms with Gasteiger partial charge in [0.05, 0.1) is 6.54 Å². The lowest BCUT2D eigenvalue weighted by atomic mass is 10.2. The van der Waals surface area contributed by atoms with Gasteiger partial charge in [-0.15, -0.1) is 0 Å². The van der Waals surface area contributed by atoms with E-state index in [2.05, 4.69) is 20.4 Å². The summed E-state index contributed by atoms with van der Waals surface area (Å²) in [4.78, 5) is 4.33. The number of aliphatic hydroxyl groups is 1.